The van der Waals surface area contributed by atoms with E-state index < -0.39 is 12.1 Å². The normalized spacial score (nSPS) is 30.3. The molecule has 3 atom stereocenters. The van der Waals surface area contributed by atoms with Gasteiger partial charge in [-0.25, -0.2) is 4.79 Å². The zero-order valence-corrected chi connectivity index (χ0v) is 9.19. The third kappa shape index (κ3) is 2.71. The topological polar surface area (TPSA) is 46.5 Å². The molecule has 0 saturated carbocycles. The van der Waals surface area contributed by atoms with Crippen LogP contribution in [0.4, 0.5) is 0 Å². The van der Waals surface area contributed by atoms with Gasteiger partial charge in [0.05, 0.1) is 6.10 Å². The van der Waals surface area contributed by atoms with E-state index in [4.69, 9.17) is 9.84 Å². The molecular formula is C11H20O3. The molecule has 82 valence electrons. The second kappa shape index (κ2) is 4.78. The molecular weight excluding hydrogens is 180 g/mol. The Bertz CT molecular complexity index is 201. The van der Waals surface area contributed by atoms with Gasteiger partial charge in [-0.3, -0.25) is 0 Å². The summed E-state index contributed by atoms with van der Waals surface area (Å²) in [5.41, 5.74) is 0. The number of aliphatic carboxylic acids is 1. The first-order valence-electron chi connectivity index (χ1n) is 5.40. The first-order valence-corrected chi connectivity index (χ1v) is 5.40. The van der Waals surface area contributed by atoms with E-state index in [0.717, 1.165) is 12.8 Å². The van der Waals surface area contributed by atoms with Crippen molar-refractivity contribution in [3.8, 4) is 0 Å². The third-order valence-electron chi connectivity index (χ3n) is 3.21. The minimum Gasteiger partial charge on any atom is -0.479 e. The van der Waals surface area contributed by atoms with Crippen LogP contribution in [0.15, 0.2) is 0 Å². The summed E-state index contributed by atoms with van der Waals surface area (Å²) in [6.45, 7) is 6.44. The van der Waals surface area contributed by atoms with E-state index >= 15 is 0 Å². The summed E-state index contributed by atoms with van der Waals surface area (Å²) in [5, 5.41) is 8.85. The summed E-state index contributed by atoms with van der Waals surface area (Å²) in [4.78, 5) is 10.8. The summed E-state index contributed by atoms with van der Waals surface area (Å²) in [6, 6.07) is 0. The molecule has 1 aliphatic rings. The van der Waals surface area contributed by atoms with Crippen molar-refractivity contribution in [3.05, 3.63) is 0 Å². The van der Waals surface area contributed by atoms with Crippen molar-refractivity contribution in [2.24, 2.45) is 11.8 Å². The van der Waals surface area contributed by atoms with Crippen molar-refractivity contribution in [2.45, 2.75) is 52.2 Å². The fourth-order valence-electron chi connectivity index (χ4n) is 1.85. The Morgan fingerprint density at radius 1 is 1.36 bits per heavy atom. The van der Waals surface area contributed by atoms with Crippen LogP contribution >= 0.6 is 0 Å². The van der Waals surface area contributed by atoms with Gasteiger partial charge >= 0.3 is 5.97 Å². The lowest BCUT2D eigenvalue weighted by Crippen LogP contribution is -2.38. The Balaban J connectivity index is 2.51. The smallest absolute Gasteiger partial charge is 0.332 e. The van der Waals surface area contributed by atoms with E-state index in [9.17, 15) is 4.79 Å². The number of rotatable bonds is 3. The summed E-state index contributed by atoms with van der Waals surface area (Å²) in [5.74, 6) is 0.176. The van der Waals surface area contributed by atoms with Crippen molar-refractivity contribution in [2.75, 3.05) is 0 Å². The predicted octanol–water partition coefficient (Wildman–Crippen LogP) is 2.30. The molecule has 3 heteroatoms. The molecule has 14 heavy (non-hydrogen) atoms. The van der Waals surface area contributed by atoms with E-state index in [1.54, 1.807) is 0 Å². The first kappa shape index (κ1) is 11.5. The number of carboxylic acid groups (broad SMARTS) is 1. The van der Waals surface area contributed by atoms with E-state index in [2.05, 4.69) is 20.8 Å². The Morgan fingerprint density at radius 3 is 2.50 bits per heavy atom. The van der Waals surface area contributed by atoms with Crippen LogP contribution in [0.3, 0.4) is 0 Å². The summed E-state index contributed by atoms with van der Waals surface area (Å²) in [7, 11) is 0. The van der Waals surface area contributed by atoms with Gasteiger partial charge < -0.3 is 9.84 Å². The van der Waals surface area contributed by atoms with Crippen LogP contribution in [0.1, 0.15) is 40.0 Å². The molecule has 1 aliphatic heterocycles. The van der Waals surface area contributed by atoms with Crippen LogP contribution in [0.25, 0.3) is 0 Å². The zero-order chi connectivity index (χ0) is 10.7. The fourth-order valence-corrected chi connectivity index (χ4v) is 1.85. The Kier molecular flexibility index (Phi) is 3.93. The molecule has 1 rings (SSSR count). The highest BCUT2D eigenvalue weighted by Gasteiger charge is 2.31. The van der Waals surface area contributed by atoms with Crippen molar-refractivity contribution >= 4 is 5.97 Å². The van der Waals surface area contributed by atoms with Crippen LogP contribution in [-0.4, -0.2) is 23.3 Å². The van der Waals surface area contributed by atoms with Gasteiger partial charge in [-0.1, -0.05) is 20.8 Å². The number of hydrogen-bond donors (Lipinski definition) is 1. The monoisotopic (exact) mass is 200 g/mol. The molecule has 0 bridgehead atoms. The van der Waals surface area contributed by atoms with Crippen LogP contribution < -0.4 is 0 Å². The Morgan fingerprint density at radius 2 is 2.00 bits per heavy atom. The van der Waals surface area contributed by atoms with Crippen molar-refractivity contribution in [1.29, 1.82) is 0 Å². The summed E-state index contributed by atoms with van der Waals surface area (Å²) in [6.07, 6.45) is 2.19. The number of ether oxygens (including phenoxy) is 1. The summed E-state index contributed by atoms with van der Waals surface area (Å²) < 4.78 is 5.57. The molecule has 3 unspecified atom stereocenters. The standard InChI is InChI=1S/C11H20O3/c1-7(2)8(3)9-5-4-6-10(14-9)11(12)13/h7-10H,4-6H2,1-3H3,(H,12,13). The average molecular weight is 200 g/mol. The van der Waals surface area contributed by atoms with Crippen molar-refractivity contribution < 1.29 is 14.6 Å². The molecule has 0 aromatic rings. The fraction of sp³-hybridized carbons (Fsp3) is 0.909. The highest BCUT2D eigenvalue weighted by Crippen LogP contribution is 2.28. The lowest BCUT2D eigenvalue weighted by atomic mass is 9.87. The highest BCUT2D eigenvalue weighted by molar-refractivity contribution is 5.72. The van der Waals surface area contributed by atoms with Gasteiger partial charge in [-0.15, -0.1) is 0 Å². The first-order chi connectivity index (χ1) is 6.52. The summed E-state index contributed by atoms with van der Waals surface area (Å²) >= 11 is 0. The maximum Gasteiger partial charge on any atom is 0.332 e. The largest absolute Gasteiger partial charge is 0.479 e. The van der Waals surface area contributed by atoms with Gasteiger partial charge in [0.25, 0.3) is 0 Å². The van der Waals surface area contributed by atoms with Crippen LogP contribution in [0.5, 0.6) is 0 Å². The van der Waals surface area contributed by atoms with Crippen molar-refractivity contribution in [1.82, 2.24) is 0 Å². The van der Waals surface area contributed by atoms with E-state index in [1.165, 1.54) is 0 Å². The molecule has 0 aromatic heterocycles. The van der Waals surface area contributed by atoms with Crippen LogP contribution in [-0.2, 0) is 9.53 Å². The molecule has 1 N–H and O–H groups in total. The lowest BCUT2D eigenvalue weighted by Gasteiger charge is -2.33. The average Bonchev–Trinajstić information content (AvgIpc) is 2.16. The third-order valence-corrected chi connectivity index (χ3v) is 3.21. The molecule has 0 spiro atoms. The SMILES string of the molecule is CC(C)C(C)C1CCCC(C(=O)O)O1. The second-order valence-corrected chi connectivity index (χ2v) is 4.54. The molecule has 1 saturated heterocycles. The van der Waals surface area contributed by atoms with E-state index in [-0.39, 0.29) is 6.10 Å². The minimum atomic E-state index is -0.814. The predicted molar refractivity (Wildman–Crippen MR) is 54.1 cm³/mol. The van der Waals surface area contributed by atoms with E-state index in [0.29, 0.717) is 18.3 Å². The molecule has 3 nitrogen and oxygen atoms in total. The number of carbonyl (C=O) groups is 1. The Hall–Kier alpha value is -0.570. The van der Waals surface area contributed by atoms with Gasteiger partial charge in [0.2, 0.25) is 0 Å². The number of carboxylic acids is 1. The Labute approximate surface area is 85.5 Å². The van der Waals surface area contributed by atoms with E-state index in [1.807, 2.05) is 0 Å². The molecule has 1 fully saturated rings. The minimum absolute atomic E-state index is 0.129. The molecule has 0 radical (unpaired) electrons. The lowest BCUT2D eigenvalue weighted by molar-refractivity contribution is -0.163. The van der Waals surface area contributed by atoms with Gasteiger partial charge in [0.1, 0.15) is 0 Å². The molecule has 0 aromatic carbocycles. The van der Waals surface area contributed by atoms with Gasteiger partial charge in [-0.2, -0.15) is 0 Å². The van der Waals surface area contributed by atoms with Crippen LogP contribution in [0, 0.1) is 11.8 Å². The van der Waals surface area contributed by atoms with Crippen molar-refractivity contribution in [3.63, 3.8) is 0 Å². The second-order valence-electron chi connectivity index (χ2n) is 4.54. The molecule has 0 aliphatic carbocycles. The molecule has 1 heterocycles. The maximum atomic E-state index is 10.8. The molecule has 0 amide bonds. The highest BCUT2D eigenvalue weighted by atomic mass is 16.5. The number of hydrogen-bond acceptors (Lipinski definition) is 2. The van der Waals surface area contributed by atoms with Crippen LogP contribution in [0.2, 0.25) is 0 Å². The van der Waals surface area contributed by atoms with Gasteiger partial charge in [-0.05, 0) is 31.1 Å². The zero-order valence-electron chi connectivity index (χ0n) is 9.19. The maximum absolute atomic E-state index is 10.8. The van der Waals surface area contributed by atoms with Gasteiger partial charge in [0, 0.05) is 0 Å². The quantitative estimate of drug-likeness (QED) is 0.760. The van der Waals surface area contributed by atoms with Gasteiger partial charge in [0.15, 0.2) is 6.10 Å².